The van der Waals surface area contributed by atoms with Gasteiger partial charge < -0.3 is 20.1 Å². The van der Waals surface area contributed by atoms with Crippen LogP contribution >= 0.6 is 0 Å². The third-order valence-electron chi connectivity index (χ3n) is 5.48. The molecule has 0 saturated carbocycles. The number of carbonyl (C=O) groups is 2. The molecule has 1 aromatic heterocycles. The minimum Gasteiger partial charge on any atom is -0.348 e. The fourth-order valence-corrected chi connectivity index (χ4v) is 3.34. The van der Waals surface area contributed by atoms with E-state index in [0.29, 0.717) is 42.4 Å². The van der Waals surface area contributed by atoms with E-state index in [1.807, 2.05) is 61.5 Å². The Balaban J connectivity index is 1.28. The highest BCUT2D eigenvalue weighted by Crippen LogP contribution is 2.18. The summed E-state index contributed by atoms with van der Waals surface area (Å²) in [6, 6.07) is 24.1. The monoisotopic (exact) mass is 469 g/mol. The quantitative estimate of drug-likeness (QED) is 0.390. The predicted octanol–water partition coefficient (Wildman–Crippen LogP) is 4.68. The van der Waals surface area contributed by atoms with Crippen LogP contribution in [-0.2, 0) is 13.0 Å². The first-order valence-corrected chi connectivity index (χ1v) is 11.3. The number of nitrogens with zero attached hydrogens (tertiary/aromatic N) is 3. The normalized spacial score (nSPS) is 10.6. The van der Waals surface area contributed by atoms with Crippen molar-refractivity contribution < 1.29 is 14.1 Å². The molecule has 0 bridgehead atoms. The Morgan fingerprint density at radius 2 is 1.66 bits per heavy atom. The lowest BCUT2D eigenvalue weighted by atomic mass is 10.1. The van der Waals surface area contributed by atoms with Gasteiger partial charge in [-0.25, -0.2) is 4.79 Å². The lowest BCUT2D eigenvalue weighted by molar-refractivity contribution is 0.0951. The number of rotatable bonds is 8. The molecule has 0 aliphatic rings. The highest BCUT2D eigenvalue weighted by Gasteiger charge is 2.13. The summed E-state index contributed by atoms with van der Waals surface area (Å²) in [7, 11) is 1.71. The largest absolute Gasteiger partial charge is 0.348 e. The summed E-state index contributed by atoms with van der Waals surface area (Å²) in [5.41, 5.74) is 4.22. The number of benzene rings is 3. The summed E-state index contributed by atoms with van der Waals surface area (Å²) in [6.07, 6.45) is 0.446. The average molecular weight is 470 g/mol. The Bertz CT molecular complexity index is 1270. The summed E-state index contributed by atoms with van der Waals surface area (Å²) < 4.78 is 5.37. The maximum absolute atomic E-state index is 12.5. The van der Waals surface area contributed by atoms with Crippen molar-refractivity contribution in [3.05, 3.63) is 101 Å². The molecule has 0 unspecified atom stereocenters. The molecule has 3 amide bonds. The zero-order valence-corrected chi connectivity index (χ0v) is 19.7. The summed E-state index contributed by atoms with van der Waals surface area (Å²) in [5, 5.41) is 9.77. The minimum absolute atomic E-state index is 0.153. The molecule has 3 aromatic carbocycles. The summed E-state index contributed by atoms with van der Waals surface area (Å²) in [4.78, 5) is 30.7. The Labute approximate surface area is 204 Å². The van der Waals surface area contributed by atoms with E-state index < -0.39 is 0 Å². The summed E-state index contributed by atoms with van der Waals surface area (Å²) in [6.45, 7) is 2.92. The van der Waals surface area contributed by atoms with Crippen molar-refractivity contribution in [3.63, 3.8) is 0 Å². The van der Waals surface area contributed by atoms with Gasteiger partial charge in [-0.3, -0.25) is 4.79 Å². The maximum Gasteiger partial charge on any atom is 0.321 e. The smallest absolute Gasteiger partial charge is 0.321 e. The van der Waals surface area contributed by atoms with Gasteiger partial charge in [0, 0.05) is 43.4 Å². The number of nitrogens with one attached hydrogen (secondary N) is 2. The van der Waals surface area contributed by atoms with Crippen molar-refractivity contribution in [2.45, 2.75) is 19.9 Å². The Kier molecular flexibility index (Phi) is 7.52. The predicted molar refractivity (Wildman–Crippen MR) is 134 cm³/mol. The van der Waals surface area contributed by atoms with Crippen LogP contribution in [0, 0.1) is 6.92 Å². The number of anilines is 1. The molecule has 8 heteroatoms. The van der Waals surface area contributed by atoms with Crippen LogP contribution in [-0.4, -0.2) is 40.6 Å². The van der Waals surface area contributed by atoms with E-state index in [-0.39, 0.29) is 11.9 Å². The first-order chi connectivity index (χ1) is 17.0. The van der Waals surface area contributed by atoms with Gasteiger partial charge in [0.05, 0.1) is 0 Å². The average Bonchev–Trinajstić information content (AvgIpc) is 3.36. The molecule has 0 saturated heterocycles. The first kappa shape index (κ1) is 23.7. The molecular weight excluding hydrogens is 442 g/mol. The third-order valence-corrected chi connectivity index (χ3v) is 5.48. The van der Waals surface area contributed by atoms with Gasteiger partial charge in [0.15, 0.2) is 5.82 Å². The van der Waals surface area contributed by atoms with E-state index in [9.17, 15) is 9.59 Å². The van der Waals surface area contributed by atoms with Crippen LogP contribution < -0.4 is 10.6 Å². The van der Waals surface area contributed by atoms with Gasteiger partial charge in [0.2, 0.25) is 0 Å². The number of amides is 3. The number of hydrogen-bond donors (Lipinski definition) is 2. The molecule has 0 spiro atoms. The molecule has 4 aromatic rings. The highest BCUT2D eigenvalue weighted by atomic mass is 16.5. The number of hydrogen-bond acceptors (Lipinski definition) is 5. The Morgan fingerprint density at radius 1 is 0.943 bits per heavy atom. The van der Waals surface area contributed by atoms with Crippen LogP contribution in [0.5, 0.6) is 0 Å². The van der Waals surface area contributed by atoms with E-state index >= 15 is 0 Å². The van der Waals surface area contributed by atoms with Crippen LogP contribution in [0.15, 0.2) is 83.4 Å². The van der Waals surface area contributed by atoms with E-state index in [1.54, 1.807) is 36.2 Å². The minimum atomic E-state index is -0.212. The third kappa shape index (κ3) is 6.54. The van der Waals surface area contributed by atoms with Crippen LogP contribution in [0.2, 0.25) is 0 Å². The number of carbonyl (C=O) groups excluding carboxylic acids is 2. The number of aryl methyl sites for hydroxylation is 1. The van der Waals surface area contributed by atoms with E-state index in [4.69, 9.17) is 4.52 Å². The standard InChI is InChI=1S/C27H27N5O3/c1-19-8-10-20(11-9-19)18-28-25(33)21-12-14-22(15-13-21)26-30-24(31-35-26)16-17-32(2)27(34)29-23-6-4-3-5-7-23/h3-15H,16-18H2,1-2H3,(H,28,33)(H,29,34). The molecule has 0 radical (unpaired) electrons. The van der Waals surface area contributed by atoms with Crippen molar-refractivity contribution in [2.75, 3.05) is 18.9 Å². The van der Waals surface area contributed by atoms with Crippen LogP contribution in [0.4, 0.5) is 10.5 Å². The molecule has 35 heavy (non-hydrogen) atoms. The maximum atomic E-state index is 12.5. The number of aromatic nitrogens is 2. The fraction of sp³-hybridized carbons (Fsp3) is 0.185. The van der Waals surface area contributed by atoms with E-state index in [2.05, 4.69) is 20.8 Å². The van der Waals surface area contributed by atoms with Gasteiger partial charge in [-0.1, -0.05) is 53.2 Å². The molecule has 0 fully saturated rings. The zero-order valence-electron chi connectivity index (χ0n) is 19.7. The molecule has 8 nitrogen and oxygen atoms in total. The second-order valence-electron chi connectivity index (χ2n) is 8.23. The zero-order chi connectivity index (χ0) is 24.6. The van der Waals surface area contributed by atoms with Crippen LogP contribution in [0.1, 0.15) is 27.3 Å². The van der Waals surface area contributed by atoms with Gasteiger partial charge in [0.1, 0.15) is 0 Å². The van der Waals surface area contributed by atoms with Crippen molar-refractivity contribution in [1.29, 1.82) is 0 Å². The lowest BCUT2D eigenvalue weighted by Gasteiger charge is -2.16. The molecule has 0 aliphatic heterocycles. The summed E-state index contributed by atoms with van der Waals surface area (Å²) in [5.74, 6) is 0.711. The van der Waals surface area contributed by atoms with Gasteiger partial charge in [-0.15, -0.1) is 0 Å². The topological polar surface area (TPSA) is 100 Å². The second kappa shape index (κ2) is 11.1. The highest BCUT2D eigenvalue weighted by molar-refractivity contribution is 5.94. The van der Waals surface area contributed by atoms with Gasteiger partial charge >= 0.3 is 6.03 Å². The number of urea groups is 1. The van der Waals surface area contributed by atoms with Crippen LogP contribution in [0.3, 0.4) is 0 Å². The Hall–Kier alpha value is -4.46. The number of para-hydroxylation sites is 1. The molecular formula is C27H27N5O3. The molecule has 4 rings (SSSR count). The second-order valence-corrected chi connectivity index (χ2v) is 8.23. The van der Waals surface area contributed by atoms with Gasteiger partial charge in [-0.05, 0) is 48.9 Å². The van der Waals surface area contributed by atoms with Gasteiger partial charge in [0.25, 0.3) is 11.8 Å². The van der Waals surface area contributed by atoms with E-state index in [0.717, 1.165) is 11.3 Å². The van der Waals surface area contributed by atoms with Crippen LogP contribution in [0.25, 0.3) is 11.5 Å². The van der Waals surface area contributed by atoms with Crippen molar-refractivity contribution in [1.82, 2.24) is 20.4 Å². The first-order valence-electron chi connectivity index (χ1n) is 11.3. The Morgan fingerprint density at radius 3 is 2.37 bits per heavy atom. The summed E-state index contributed by atoms with van der Waals surface area (Å²) >= 11 is 0. The molecule has 1 heterocycles. The molecule has 0 aliphatic carbocycles. The van der Waals surface area contributed by atoms with E-state index in [1.165, 1.54) is 5.56 Å². The lowest BCUT2D eigenvalue weighted by Crippen LogP contribution is -2.33. The fourth-order valence-electron chi connectivity index (χ4n) is 3.34. The number of likely N-dealkylation sites (N-methyl/N-ethyl adjacent to an activating group) is 1. The van der Waals surface area contributed by atoms with Crippen molar-refractivity contribution in [3.8, 4) is 11.5 Å². The molecule has 2 N–H and O–H groups in total. The SMILES string of the molecule is Cc1ccc(CNC(=O)c2ccc(-c3nc(CCN(C)C(=O)Nc4ccccc4)no3)cc2)cc1. The van der Waals surface area contributed by atoms with Crippen molar-refractivity contribution >= 4 is 17.6 Å². The van der Waals surface area contributed by atoms with Gasteiger partial charge in [-0.2, -0.15) is 4.98 Å². The molecule has 0 atom stereocenters. The van der Waals surface area contributed by atoms with Crippen molar-refractivity contribution in [2.24, 2.45) is 0 Å². The molecule has 178 valence electrons.